The average Bonchev–Trinajstić information content (AvgIpc) is 3.36. The Labute approximate surface area is 158 Å². The molecule has 3 heterocycles. The third-order valence-corrected chi connectivity index (χ3v) is 7.88. The normalized spacial score (nSPS) is 31.0. The zero-order valence-electron chi connectivity index (χ0n) is 15.3. The van der Waals surface area contributed by atoms with Gasteiger partial charge in [-0.05, 0) is 37.1 Å². The summed E-state index contributed by atoms with van der Waals surface area (Å²) in [6.45, 7) is 1.56. The van der Waals surface area contributed by atoms with Crippen molar-refractivity contribution in [1.82, 2.24) is 10.2 Å². The van der Waals surface area contributed by atoms with Crippen LogP contribution in [0.1, 0.15) is 67.8 Å². The molecule has 0 radical (unpaired) electrons. The summed E-state index contributed by atoms with van der Waals surface area (Å²) >= 11 is 1.87. The summed E-state index contributed by atoms with van der Waals surface area (Å²) in [6.07, 6.45) is 9.69. The number of thiophene rings is 1. The van der Waals surface area contributed by atoms with Gasteiger partial charge in [0.1, 0.15) is 11.6 Å². The van der Waals surface area contributed by atoms with Crippen molar-refractivity contribution in [3.63, 3.8) is 0 Å². The predicted molar refractivity (Wildman–Crippen MR) is 100.0 cm³/mol. The van der Waals surface area contributed by atoms with Gasteiger partial charge in [0.25, 0.3) is 5.91 Å². The quantitative estimate of drug-likeness (QED) is 0.798. The molecule has 3 amide bonds. The Kier molecular flexibility index (Phi) is 4.09. The number of urea groups is 1. The lowest BCUT2D eigenvalue weighted by Gasteiger charge is -2.35. The van der Waals surface area contributed by atoms with Gasteiger partial charge < -0.3 is 10.2 Å². The fourth-order valence-electron chi connectivity index (χ4n) is 5.37. The standard InChI is InChI=1S/C20H27N3O2S/c24-18-20(9-3-1-2-4-10-20)21-19(25)23(18)13-22-11-7-16-15(8-12-26-16)17(22)14-5-6-14/h8,12,14,17H,1-7,9-11,13H2,(H,21,25)/p+1/t17-/m0/s1. The lowest BCUT2D eigenvalue weighted by molar-refractivity contribution is -0.943. The fourth-order valence-corrected chi connectivity index (χ4v) is 6.30. The van der Waals surface area contributed by atoms with Crippen LogP contribution in [0.25, 0.3) is 0 Å². The van der Waals surface area contributed by atoms with Gasteiger partial charge in [0.2, 0.25) is 0 Å². The van der Waals surface area contributed by atoms with Crippen LogP contribution in [0.5, 0.6) is 0 Å². The molecule has 6 heteroatoms. The first-order valence-corrected chi connectivity index (χ1v) is 11.1. The second kappa shape index (κ2) is 6.34. The Bertz CT molecular complexity index is 718. The van der Waals surface area contributed by atoms with E-state index in [1.165, 1.54) is 41.0 Å². The molecular formula is C20H28N3O2S+. The molecule has 2 aliphatic carbocycles. The number of hydrogen-bond donors (Lipinski definition) is 2. The van der Waals surface area contributed by atoms with Gasteiger partial charge in [-0.15, -0.1) is 11.3 Å². The summed E-state index contributed by atoms with van der Waals surface area (Å²) < 4.78 is 0. The van der Waals surface area contributed by atoms with Gasteiger partial charge in [0.05, 0.1) is 6.54 Å². The highest BCUT2D eigenvalue weighted by Gasteiger charge is 2.53. The second-order valence-corrected chi connectivity index (χ2v) is 9.59. The largest absolute Gasteiger partial charge is 0.329 e. The summed E-state index contributed by atoms with van der Waals surface area (Å²) in [6, 6.07) is 2.59. The van der Waals surface area contributed by atoms with E-state index in [0.717, 1.165) is 44.6 Å². The number of quaternary nitrogens is 1. The first-order valence-electron chi connectivity index (χ1n) is 10.2. The predicted octanol–water partition coefficient (Wildman–Crippen LogP) is 2.24. The van der Waals surface area contributed by atoms with Gasteiger partial charge in [0.15, 0.2) is 6.67 Å². The van der Waals surface area contributed by atoms with E-state index in [-0.39, 0.29) is 11.9 Å². The molecule has 1 saturated heterocycles. The van der Waals surface area contributed by atoms with Gasteiger partial charge in [-0.3, -0.25) is 4.79 Å². The van der Waals surface area contributed by atoms with Crippen LogP contribution in [0.15, 0.2) is 11.4 Å². The lowest BCUT2D eigenvalue weighted by Crippen LogP contribution is -3.15. The molecule has 1 aromatic heterocycles. The van der Waals surface area contributed by atoms with E-state index < -0.39 is 5.54 Å². The number of amides is 3. The highest BCUT2D eigenvalue weighted by Crippen LogP contribution is 2.42. The van der Waals surface area contributed by atoms with E-state index in [2.05, 4.69) is 16.8 Å². The van der Waals surface area contributed by atoms with Crippen molar-refractivity contribution in [3.8, 4) is 0 Å². The molecule has 3 fully saturated rings. The van der Waals surface area contributed by atoms with Gasteiger partial charge in [0, 0.05) is 22.8 Å². The number of fused-ring (bicyclic) bond motifs is 1. The monoisotopic (exact) mass is 374 g/mol. The molecule has 2 aliphatic heterocycles. The van der Waals surface area contributed by atoms with Gasteiger partial charge in [-0.25, -0.2) is 9.69 Å². The van der Waals surface area contributed by atoms with Crippen LogP contribution >= 0.6 is 11.3 Å². The van der Waals surface area contributed by atoms with Crippen molar-refractivity contribution >= 4 is 23.3 Å². The lowest BCUT2D eigenvalue weighted by atomic mass is 9.90. The number of carbonyl (C=O) groups is 2. The Morgan fingerprint density at radius 3 is 2.69 bits per heavy atom. The number of hydrogen-bond acceptors (Lipinski definition) is 3. The van der Waals surface area contributed by atoms with E-state index in [1.807, 2.05) is 11.3 Å². The molecule has 1 spiro atoms. The molecule has 140 valence electrons. The zero-order chi connectivity index (χ0) is 17.7. The number of rotatable bonds is 3. The van der Waals surface area contributed by atoms with Crippen molar-refractivity contribution in [1.29, 1.82) is 0 Å². The van der Waals surface area contributed by atoms with Crippen LogP contribution in [0.4, 0.5) is 4.79 Å². The first kappa shape index (κ1) is 16.8. The second-order valence-electron chi connectivity index (χ2n) is 8.59. The van der Waals surface area contributed by atoms with Crippen LogP contribution in [-0.2, 0) is 11.2 Å². The van der Waals surface area contributed by atoms with Crippen molar-refractivity contribution in [2.45, 2.75) is 69.4 Å². The van der Waals surface area contributed by atoms with E-state index >= 15 is 0 Å². The SMILES string of the molecule is O=C1NC2(CCCCCC2)C(=O)N1C[NH+]1CCc2sccc2[C@@H]1C1CC1. The number of nitrogens with zero attached hydrogens (tertiary/aromatic N) is 1. The maximum absolute atomic E-state index is 13.2. The van der Waals surface area contributed by atoms with Gasteiger partial charge >= 0.3 is 6.03 Å². The van der Waals surface area contributed by atoms with Crippen molar-refractivity contribution in [3.05, 3.63) is 21.9 Å². The minimum Gasteiger partial charge on any atom is -0.323 e. The molecule has 2 atom stereocenters. The Hall–Kier alpha value is -1.40. The fraction of sp³-hybridized carbons (Fsp3) is 0.700. The molecule has 5 nitrogen and oxygen atoms in total. The molecule has 2 N–H and O–H groups in total. The molecule has 1 aromatic rings. The summed E-state index contributed by atoms with van der Waals surface area (Å²) in [7, 11) is 0. The van der Waals surface area contributed by atoms with Crippen LogP contribution in [-0.4, -0.2) is 35.6 Å². The molecule has 4 aliphatic rings. The van der Waals surface area contributed by atoms with Crippen LogP contribution in [0.2, 0.25) is 0 Å². The third kappa shape index (κ3) is 2.69. The Morgan fingerprint density at radius 1 is 1.19 bits per heavy atom. The highest BCUT2D eigenvalue weighted by molar-refractivity contribution is 7.10. The third-order valence-electron chi connectivity index (χ3n) is 6.89. The average molecular weight is 375 g/mol. The molecule has 26 heavy (non-hydrogen) atoms. The summed E-state index contributed by atoms with van der Waals surface area (Å²) in [5, 5.41) is 5.30. The topological polar surface area (TPSA) is 53.9 Å². The minimum absolute atomic E-state index is 0.0440. The van der Waals surface area contributed by atoms with E-state index in [1.54, 1.807) is 4.90 Å². The smallest absolute Gasteiger partial charge is 0.323 e. The molecule has 0 bridgehead atoms. The summed E-state index contributed by atoms with van der Waals surface area (Å²) in [4.78, 5) is 30.4. The van der Waals surface area contributed by atoms with Crippen molar-refractivity contribution < 1.29 is 14.5 Å². The van der Waals surface area contributed by atoms with Crippen molar-refractivity contribution in [2.24, 2.45) is 5.92 Å². The van der Waals surface area contributed by atoms with Gasteiger partial charge in [-0.2, -0.15) is 0 Å². The number of nitrogens with one attached hydrogen (secondary N) is 2. The molecule has 0 aromatic carbocycles. The van der Waals surface area contributed by atoms with E-state index in [0.29, 0.717) is 12.7 Å². The van der Waals surface area contributed by atoms with E-state index in [4.69, 9.17) is 0 Å². The summed E-state index contributed by atoms with van der Waals surface area (Å²) in [5.41, 5.74) is 0.876. The molecule has 2 saturated carbocycles. The zero-order valence-corrected chi connectivity index (χ0v) is 16.1. The summed E-state index contributed by atoms with van der Waals surface area (Å²) in [5.74, 6) is 0.772. The van der Waals surface area contributed by atoms with E-state index in [9.17, 15) is 9.59 Å². The Morgan fingerprint density at radius 2 is 1.96 bits per heavy atom. The highest BCUT2D eigenvalue weighted by atomic mass is 32.1. The maximum Gasteiger partial charge on any atom is 0.329 e. The maximum atomic E-state index is 13.2. The minimum atomic E-state index is -0.606. The van der Waals surface area contributed by atoms with Crippen LogP contribution < -0.4 is 10.2 Å². The molecule has 5 rings (SSSR count). The number of imide groups is 1. The van der Waals surface area contributed by atoms with Crippen LogP contribution in [0.3, 0.4) is 0 Å². The van der Waals surface area contributed by atoms with Gasteiger partial charge in [-0.1, -0.05) is 25.7 Å². The number of carbonyl (C=O) groups excluding carboxylic acids is 2. The van der Waals surface area contributed by atoms with Crippen molar-refractivity contribution in [2.75, 3.05) is 13.2 Å². The Balaban J connectivity index is 1.37. The van der Waals surface area contributed by atoms with Crippen LogP contribution in [0, 0.1) is 5.92 Å². The molecule has 1 unspecified atom stereocenters. The first-order chi connectivity index (χ1) is 12.7. The molecular weight excluding hydrogens is 346 g/mol.